The standard InChI is InChI=1S/C11H10N2O2/c1-15-7-10(14)8-4-6-13-11-9(8)3-2-5-12-11/h2-6H,7H2,1H3. The van der Waals surface area contributed by atoms with Gasteiger partial charge in [0.25, 0.3) is 0 Å². The molecule has 0 aromatic carbocycles. The van der Waals surface area contributed by atoms with Gasteiger partial charge in [-0.15, -0.1) is 0 Å². The smallest absolute Gasteiger partial charge is 0.189 e. The molecule has 0 radical (unpaired) electrons. The molecule has 2 heterocycles. The first kappa shape index (κ1) is 9.73. The Balaban J connectivity index is 2.56. The van der Waals surface area contributed by atoms with Crippen molar-refractivity contribution in [3.05, 3.63) is 36.2 Å². The van der Waals surface area contributed by atoms with Crippen LogP contribution in [0.2, 0.25) is 0 Å². The lowest BCUT2D eigenvalue weighted by molar-refractivity contribution is 0.0849. The molecule has 2 rings (SSSR count). The summed E-state index contributed by atoms with van der Waals surface area (Å²) in [4.78, 5) is 19.8. The van der Waals surface area contributed by atoms with Crippen LogP contribution in [0.5, 0.6) is 0 Å². The van der Waals surface area contributed by atoms with E-state index in [0.717, 1.165) is 5.39 Å². The molecule has 0 saturated heterocycles. The van der Waals surface area contributed by atoms with Crippen molar-refractivity contribution in [2.24, 2.45) is 0 Å². The van der Waals surface area contributed by atoms with E-state index in [1.807, 2.05) is 6.07 Å². The van der Waals surface area contributed by atoms with E-state index in [1.165, 1.54) is 7.11 Å². The number of rotatable bonds is 3. The monoisotopic (exact) mass is 202 g/mol. The summed E-state index contributed by atoms with van der Waals surface area (Å²) in [5, 5.41) is 0.766. The Morgan fingerprint density at radius 1 is 1.33 bits per heavy atom. The van der Waals surface area contributed by atoms with E-state index in [1.54, 1.807) is 24.5 Å². The zero-order valence-corrected chi connectivity index (χ0v) is 8.30. The summed E-state index contributed by atoms with van der Waals surface area (Å²) >= 11 is 0. The third-order valence-electron chi connectivity index (χ3n) is 2.09. The van der Waals surface area contributed by atoms with Crippen LogP contribution in [0.25, 0.3) is 11.0 Å². The quantitative estimate of drug-likeness (QED) is 0.707. The Bertz CT molecular complexity index is 491. The number of fused-ring (bicyclic) bond motifs is 1. The van der Waals surface area contributed by atoms with E-state index in [2.05, 4.69) is 9.97 Å². The van der Waals surface area contributed by atoms with Crippen molar-refractivity contribution in [1.82, 2.24) is 9.97 Å². The number of methoxy groups -OCH3 is 1. The first-order valence-electron chi connectivity index (χ1n) is 4.55. The summed E-state index contributed by atoms with van der Waals surface area (Å²) in [6.45, 7) is 0.0774. The molecule has 0 unspecified atom stereocenters. The highest BCUT2D eigenvalue weighted by Crippen LogP contribution is 2.14. The predicted molar refractivity (Wildman–Crippen MR) is 55.7 cm³/mol. The van der Waals surface area contributed by atoms with Crippen molar-refractivity contribution in [1.29, 1.82) is 0 Å². The second-order valence-electron chi connectivity index (χ2n) is 3.09. The fraction of sp³-hybridized carbons (Fsp3) is 0.182. The summed E-state index contributed by atoms with van der Waals surface area (Å²) in [6.07, 6.45) is 3.23. The molecule has 0 N–H and O–H groups in total. The average Bonchev–Trinajstić information content (AvgIpc) is 2.28. The van der Waals surface area contributed by atoms with Crippen LogP contribution in [-0.2, 0) is 4.74 Å². The lowest BCUT2D eigenvalue weighted by atomic mass is 10.1. The number of ether oxygens (including phenoxy) is 1. The normalized spacial score (nSPS) is 10.5. The van der Waals surface area contributed by atoms with E-state index in [4.69, 9.17) is 4.74 Å². The van der Waals surface area contributed by atoms with Crippen LogP contribution >= 0.6 is 0 Å². The number of hydrogen-bond acceptors (Lipinski definition) is 4. The molecule has 0 aliphatic rings. The molecule has 0 aliphatic heterocycles. The average molecular weight is 202 g/mol. The predicted octanol–water partition coefficient (Wildman–Crippen LogP) is 1.46. The van der Waals surface area contributed by atoms with Gasteiger partial charge >= 0.3 is 0 Å². The molecule has 15 heavy (non-hydrogen) atoms. The summed E-state index contributed by atoms with van der Waals surface area (Å²) in [5.74, 6) is -0.0575. The fourth-order valence-electron chi connectivity index (χ4n) is 1.43. The van der Waals surface area contributed by atoms with Crippen molar-refractivity contribution in [3.63, 3.8) is 0 Å². The van der Waals surface area contributed by atoms with Gasteiger partial charge in [-0.1, -0.05) is 0 Å². The molecular weight excluding hydrogens is 192 g/mol. The van der Waals surface area contributed by atoms with Gasteiger partial charge in [-0.05, 0) is 18.2 Å². The largest absolute Gasteiger partial charge is 0.377 e. The van der Waals surface area contributed by atoms with Crippen LogP contribution in [0.15, 0.2) is 30.6 Å². The van der Waals surface area contributed by atoms with Gasteiger partial charge in [0, 0.05) is 30.5 Å². The van der Waals surface area contributed by atoms with Gasteiger partial charge in [0.1, 0.15) is 6.61 Å². The van der Waals surface area contributed by atoms with Crippen LogP contribution in [0.4, 0.5) is 0 Å². The molecule has 0 amide bonds. The number of hydrogen-bond donors (Lipinski definition) is 0. The lowest BCUT2D eigenvalue weighted by Crippen LogP contribution is -2.08. The summed E-state index contributed by atoms with van der Waals surface area (Å²) in [7, 11) is 1.50. The Labute approximate surface area is 86.9 Å². The zero-order valence-electron chi connectivity index (χ0n) is 8.30. The number of carbonyl (C=O) groups excluding carboxylic acids is 1. The molecule has 0 aliphatic carbocycles. The van der Waals surface area contributed by atoms with Gasteiger partial charge in [-0.2, -0.15) is 0 Å². The molecule has 0 spiro atoms. The molecule has 76 valence electrons. The molecule has 2 aromatic heterocycles. The SMILES string of the molecule is COCC(=O)c1ccnc2ncccc12. The number of ketones is 1. The van der Waals surface area contributed by atoms with Gasteiger partial charge < -0.3 is 4.74 Å². The second-order valence-corrected chi connectivity index (χ2v) is 3.09. The highest BCUT2D eigenvalue weighted by molar-refractivity contribution is 6.07. The summed E-state index contributed by atoms with van der Waals surface area (Å²) in [6, 6.07) is 5.30. The van der Waals surface area contributed by atoms with Crippen molar-refractivity contribution in [3.8, 4) is 0 Å². The zero-order chi connectivity index (χ0) is 10.7. The number of pyridine rings is 2. The van der Waals surface area contributed by atoms with Crippen molar-refractivity contribution >= 4 is 16.8 Å². The summed E-state index contributed by atoms with van der Waals surface area (Å²) < 4.78 is 4.82. The van der Waals surface area contributed by atoms with Crippen molar-refractivity contribution < 1.29 is 9.53 Å². The Kier molecular flexibility index (Phi) is 2.69. The molecular formula is C11H10N2O2. The molecule has 0 bridgehead atoms. The molecule has 2 aromatic rings. The molecule has 0 atom stereocenters. The minimum absolute atomic E-state index is 0.0575. The van der Waals surface area contributed by atoms with Crippen LogP contribution in [0, 0.1) is 0 Å². The highest BCUT2D eigenvalue weighted by Gasteiger charge is 2.09. The molecule has 4 nitrogen and oxygen atoms in total. The summed E-state index contributed by atoms with van der Waals surface area (Å²) in [5.41, 5.74) is 1.19. The minimum Gasteiger partial charge on any atom is -0.377 e. The first-order chi connectivity index (χ1) is 7.33. The van der Waals surface area contributed by atoms with Gasteiger partial charge in [0.2, 0.25) is 0 Å². The third-order valence-corrected chi connectivity index (χ3v) is 2.09. The van der Waals surface area contributed by atoms with E-state index in [9.17, 15) is 4.79 Å². The van der Waals surface area contributed by atoms with Crippen LogP contribution in [0.1, 0.15) is 10.4 Å². The second kappa shape index (κ2) is 4.14. The highest BCUT2D eigenvalue weighted by atomic mass is 16.5. The first-order valence-corrected chi connectivity index (χ1v) is 4.55. The van der Waals surface area contributed by atoms with E-state index >= 15 is 0 Å². The minimum atomic E-state index is -0.0575. The fourth-order valence-corrected chi connectivity index (χ4v) is 1.43. The topological polar surface area (TPSA) is 52.1 Å². The van der Waals surface area contributed by atoms with Gasteiger partial charge in [0.15, 0.2) is 11.4 Å². The van der Waals surface area contributed by atoms with Crippen molar-refractivity contribution in [2.75, 3.05) is 13.7 Å². The van der Waals surface area contributed by atoms with E-state index in [0.29, 0.717) is 11.2 Å². The number of carbonyl (C=O) groups is 1. The third kappa shape index (κ3) is 1.85. The Hall–Kier alpha value is -1.81. The van der Waals surface area contributed by atoms with Crippen LogP contribution in [0.3, 0.4) is 0 Å². The Morgan fingerprint density at radius 2 is 2.13 bits per heavy atom. The van der Waals surface area contributed by atoms with Gasteiger partial charge in [-0.3, -0.25) is 4.79 Å². The Morgan fingerprint density at radius 3 is 2.93 bits per heavy atom. The maximum absolute atomic E-state index is 11.7. The number of Topliss-reactive ketones (excluding diaryl/α,β-unsaturated/α-hetero) is 1. The molecule has 0 saturated carbocycles. The lowest BCUT2D eigenvalue weighted by Gasteiger charge is -2.03. The van der Waals surface area contributed by atoms with Crippen LogP contribution in [-0.4, -0.2) is 29.5 Å². The molecule has 0 fully saturated rings. The molecule has 4 heteroatoms. The maximum atomic E-state index is 11.7. The number of aromatic nitrogens is 2. The van der Waals surface area contributed by atoms with Gasteiger partial charge in [-0.25, -0.2) is 9.97 Å². The van der Waals surface area contributed by atoms with Crippen molar-refractivity contribution in [2.45, 2.75) is 0 Å². The van der Waals surface area contributed by atoms with E-state index < -0.39 is 0 Å². The van der Waals surface area contributed by atoms with Crippen LogP contribution < -0.4 is 0 Å². The van der Waals surface area contributed by atoms with E-state index in [-0.39, 0.29) is 12.4 Å². The maximum Gasteiger partial charge on any atom is 0.189 e. The van der Waals surface area contributed by atoms with Gasteiger partial charge in [0.05, 0.1) is 0 Å². The number of nitrogens with zero attached hydrogens (tertiary/aromatic N) is 2.